The van der Waals surface area contributed by atoms with Gasteiger partial charge in [-0.3, -0.25) is 24.4 Å². The van der Waals surface area contributed by atoms with E-state index in [9.17, 15) is 29.2 Å². The van der Waals surface area contributed by atoms with Gasteiger partial charge in [0.05, 0.1) is 21.8 Å². The van der Waals surface area contributed by atoms with Gasteiger partial charge in [0.25, 0.3) is 17.6 Å². The SMILES string of the molecule is CSc1ccc2ccccc2c1-c1cccc2c(=O)[nH]c(=O)[nH]c12.CSc1ccc2ccccc2c1B(O)O.O=CO[O-].O=c1[nH]c(=O)c2cccc(Br)c2[nH]1.[H-].[K+].[K+].[Pd].c1ccc(P(c2ccccc2)c2ccccc2)cc1.c1ccc(P(c2ccccc2)c2ccccc2)cc1.c1ccc(P(c2ccccc2)c2ccccc2)cc1.c1ccc(P(c2ccccc2)c2ccccc2)cc1. The van der Waals surface area contributed by atoms with Crippen molar-refractivity contribution in [2.24, 2.45) is 0 Å². The molecule has 0 saturated heterocycles. The van der Waals surface area contributed by atoms with Crippen molar-refractivity contribution in [1.29, 1.82) is 0 Å². The maximum Gasteiger partial charge on any atom is 1.00 e. The Morgan fingerprint density at radius 1 is 0.304 bits per heavy atom. The Kier molecular flexibility index (Phi) is 46.0. The zero-order valence-corrected chi connectivity index (χ0v) is 88.8. The summed E-state index contributed by atoms with van der Waals surface area (Å²) in [6, 6.07) is 164. The molecule has 0 aliphatic heterocycles. The monoisotopic (exact) mass is 2090 g/mol. The average Bonchev–Trinajstić information content (AvgIpc) is 0.756. The van der Waals surface area contributed by atoms with Gasteiger partial charge in [0.2, 0.25) is 0 Å². The van der Waals surface area contributed by atoms with Gasteiger partial charge in [-0.25, -0.2) is 9.59 Å². The number of carbonyl (C=O) groups is 1. The normalized spacial score (nSPS) is 10.3. The third-order valence-corrected chi connectivity index (χ3v) is 32.5. The van der Waals surface area contributed by atoms with E-state index in [1.165, 1.54) is 75.4 Å². The molecule has 0 amide bonds. The molecule has 0 saturated carbocycles. The summed E-state index contributed by atoms with van der Waals surface area (Å²) in [5, 5.41) is 49.0. The zero-order valence-electron chi connectivity index (χ0n) is 75.2. The fourth-order valence-corrected chi connectivity index (χ4v) is 25.6. The fraction of sp³-hybridized carbons (Fsp3) is 0.0180. The molecule has 20 aromatic rings. The number of carbonyl (C=O) groups excluding carboxylic acids is 1. The molecule has 0 aliphatic carbocycles. The van der Waals surface area contributed by atoms with E-state index in [0.29, 0.717) is 31.7 Å². The van der Waals surface area contributed by atoms with E-state index in [4.69, 9.17) is 10.1 Å². The molecule has 135 heavy (non-hydrogen) atoms. The molecule has 18 aromatic carbocycles. The number of thioether (sulfide) groups is 2. The number of rotatable bonds is 17. The Morgan fingerprint density at radius 2 is 0.533 bits per heavy atom. The van der Waals surface area contributed by atoms with E-state index in [1.807, 2.05) is 73.2 Å². The largest absolute Gasteiger partial charge is 1.00 e. The summed E-state index contributed by atoms with van der Waals surface area (Å²) in [7, 11) is -3.20. The third-order valence-electron chi connectivity index (χ3n) is 20.5. The smallest absolute Gasteiger partial charge is 1.00 e. The Hall–Kier alpha value is -9.39. The molecule has 0 radical (unpaired) electrons. The van der Waals surface area contributed by atoms with Gasteiger partial charge in [-0.2, -0.15) is 0 Å². The fourth-order valence-electron chi connectivity index (χ4n) is 14.7. The standard InChI is InChI=1S/C19H14N2O2S.4C18H15P.C11H11BO2S.C8H5BrN2O2.CH2O3.2K.Pd.H/c1-24-15-10-9-11-5-2-3-6-12(11)16(15)13-7-4-8-14-17(13)20-19(23)21-18(14)22;4*1-4-10-16(11-5-1)19(17-12-6-2-7-13-17)18-14-8-3-9-15-18;1-15-10-7-6-8-4-2-3-5-9(8)11(10)12(13)14;9-5-3-1-2-4-6(5)10-8(13)11-7(4)12;2-1-4-3;;;;/h2-10H,1H3,(H2,20,21,22,23);4*1-15H;2-7,13-14H,1H3;1-3H,(H2,10,11,12,13);1,3H;;;;/q;;;;;;;;2*+1;;-1/p-1. The second kappa shape index (κ2) is 57.7. The molecule has 2 heterocycles. The van der Waals surface area contributed by atoms with Crippen molar-refractivity contribution < 1.29 is 150 Å². The quantitative estimate of drug-likeness (QED) is 0.0126. The second-order valence-corrected chi connectivity index (χ2v) is 40.3. The first-order valence-corrected chi connectivity index (χ1v) is 50.6. The van der Waals surface area contributed by atoms with E-state index in [1.54, 1.807) is 36.0 Å². The predicted octanol–water partition coefficient (Wildman–Crippen LogP) is 12.3. The first kappa shape index (κ1) is 108. The van der Waals surface area contributed by atoms with Crippen LogP contribution in [0.1, 0.15) is 1.43 Å². The summed E-state index contributed by atoms with van der Waals surface area (Å²) in [6.45, 7) is -0.181. The van der Waals surface area contributed by atoms with Crippen molar-refractivity contribution in [3.8, 4) is 11.1 Å². The minimum atomic E-state index is -1.42. The van der Waals surface area contributed by atoms with Crippen molar-refractivity contribution in [3.63, 3.8) is 0 Å². The van der Waals surface area contributed by atoms with E-state index >= 15 is 0 Å². The van der Waals surface area contributed by atoms with Crippen molar-refractivity contribution in [1.82, 2.24) is 19.9 Å². The van der Waals surface area contributed by atoms with E-state index < -0.39 is 50.2 Å². The molecule has 2 aromatic heterocycles. The molecule has 13 nitrogen and oxygen atoms in total. The average molecular weight is 2090 g/mol. The van der Waals surface area contributed by atoms with Gasteiger partial charge in [0.15, 0.2) is 0 Å². The van der Waals surface area contributed by atoms with Crippen LogP contribution in [0.5, 0.6) is 0 Å². The van der Waals surface area contributed by atoms with Crippen LogP contribution < -0.4 is 200 Å². The Bertz CT molecular complexity index is 6410. The molecule has 0 bridgehead atoms. The van der Waals surface area contributed by atoms with E-state index in [0.717, 1.165) is 42.5 Å². The number of fused-ring (bicyclic) bond motifs is 4. The number of hydrogen-bond donors (Lipinski definition) is 6. The van der Waals surface area contributed by atoms with Crippen LogP contribution in [0, 0.1) is 0 Å². The number of benzene rings is 18. The van der Waals surface area contributed by atoms with Crippen LogP contribution in [0.25, 0.3) is 54.5 Å². The van der Waals surface area contributed by atoms with Crippen LogP contribution in [0.15, 0.2) is 507 Å². The topological polar surface area (TPSA) is 221 Å². The van der Waals surface area contributed by atoms with Crippen molar-refractivity contribution in [3.05, 3.63) is 519 Å². The molecule has 0 spiro atoms. The first-order valence-electron chi connectivity index (χ1n) is 42.0. The van der Waals surface area contributed by atoms with Crippen LogP contribution >= 0.6 is 71.1 Å². The van der Waals surface area contributed by atoms with Crippen LogP contribution in [0.3, 0.4) is 0 Å². The summed E-state index contributed by atoms with van der Waals surface area (Å²) >= 11 is 6.40. The molecule has 0 aliphatic rings. The van der Waals surface area contributed by atoms with Gasteiger partial charge in [-0.1, -0.05) is 443 Å². The molecule has 24 heteroatoms. The number of H-pyrrole nitrogens is 4. The number of aromatic amines is 4. The molecule has 0 atom stereocenters. The van der Waals surface area contributed by atoms with Gasteiger partial charge >= 0.3 is 121 Å². The van der Waals surface area contributed by atoms with Crippen LogP contribution in [-0.4, -0.2) is 56.1 Å². The van der Waals surface area contributed by atoms with Gasteiger partial charge < -0.3 is 31.6 Å². The first-order chi connectivity index (χ1) is 64.8. The van der Waals surface area contributed by atoms with Gasteiger partial charge in [0, 0.05) is 51.3 Å². The minimum absolute atomic E-state index is 0. The minimum Gasteiger partial charge on any atom is -1.00 e. The Balaban J connectivity index is 0.000000177. The third kappa shape index (κ3) is 30.6. The summed E-state index contributed by atoms with van der Waals surface area (Å²) < 4.78 is 0.702. The molecule has 6 N–H and O–H groups in total. The summed E-state index contributed by atoms with van der Waals surface area (Å²) in [6.07, 6.45) is 3.95. The van der Waals surface area contributed by atoms with E-state index in [-0.39, 0.29) is 142 Å². The van der Waals surface area contributed by atoms with Gasteiger partial charge in [-0.05, 0) is 176 Å². The van der Waals surface area contributed by atoms with Crippen molar-refractivity contribution in [2.75, 3.05) is 12.5 Å². The maximum absolute atomic E-state index is 12.1. The van der Waals surface area contributed by atoms with Crippen LogP contribution in [0.4, 0.5) is 0 Å². The number of halogens is 1. The molecular weight excluding hydrogens is 2000 g/mol. The van der Waals surface area contributed by atoms with Gasteiger partial charge in [0.1, 0.15) is 0 Å². The summed E-state index contributed by atoms with van der Waals surface area (Å²) in [5.41, 5.74) is 1.84. The summed E-state index contributed by atoms with van der Waals surface area (Å²) in [4.78, 5) is 69.1. The predicted molar refractivity (Wildman–Crippen MR) is 567 cm³/mol. The molecular formula is C111H92BBrK2N4O9P4PdS2. The molecule has 0 fully saturated rings. The molecule has 664 valence electrons. The van der Waals surface area contributed by atoms with Gasteiger partial charge in [-0.15, -0.1) is 23.5 Å². The number of para-hydroxylation sites is 2. The second-order valence-electron chi connectivity index (χ2n) is 28.9. The number of hydrogen-bond acceptors (Lipinski definition) is 11. The van der Waals surface area contributed by atoms with Crippen LogP contribution in [-0.2, 0) is 30.1 Å². The maximum atomic E-state index is 12.1. The van der Waals surface area contributed by atoms with Crippen molar-refractivity contribution in [2.45, 2.75) is 9.79 Å². The zero-order chi connectivity index (χ0) is 92.0. The van der Waals surface area contributed by atoms with Crippen LogP contribution in [0.2, 0.25) is 0 Å². The Labute approximate surface area is 907 Å². The number of nitrogens with one attached hydrogen (secondary N) is 4. The molecule has 0 unspecified atom stereocenters. The summed E-state index contributed by atoms with van der Waals surface area (Å²) in [5.74, 6) is 0. The van der Waals surface area contributed by atoms with E-state index in [2.05, 4.69) is 429 Å². The van der Waals surface area contributed by atoms with Crippen molar-refractivity contribution >= 4 is 197 Å². The molecule has 20 rings (SSSR count). The Morgan fingerprint density at radius 3 is 0.807 bits per heavy atom. The number of aromatic nitrogens is 4.